The summed E-state index contributed by atoms with van der Waals surface area (Å²) in [4.78, 5) is 32.8. The second kappa shape index (κ2) is 11.2. The molecule has 9 heteroatoms. The Balaban J connectivity index is 1.37. The standard InChI is InChI=1S/C26H33N5O4/c27-25(28)20-4-3-18(5-6-24(32)33)23(16-20)35-17-22-2-1-13-31(22)26(34)19-9-14-30(15-10-19)21-7-11-29-12-8-21/h3-4,7-8,11-12,16,19,22H,1-2,5-6,9-10,13-15,17H2,(H3,27,28)(H,32,33). The summed E-state index contributed by atoms with van der Waals surface area (Å²) in [5, 5.41) is 16.8. The number of carbonyl (C=O) groups excluding carboxylic acids is 1. The maximum atomic E-state index is 13.4. The summed E-state index contributed by atoms with van der Waals surface area (Å²) in [7, 11) is 0. The third-order valence-corrected chi connectivity index (χ3v) is 6.95. The normalized spacial score (nSPS) is 18.5. The number of hydrogen-bond donors (Lipinski definition) is 3. The van der Waals surface area contributed by atoms with E-state index < -0.39 is 5.97 Å². The number of carboxylic acid groups (broad SMARTS) is 1. The molecule has 0 spiro atoms. The number of benzene rings is 1. The molecule has 1 amide bonds. The Kier molecular flexibility index (Phi) is 7.84. The molecule has 1 atom stereocenters. The van der Waals surface area contributed by atoms with Gasteiger partial charge in [-0.2, -0.15) is 0 Å². The topological polar surface area (TPSA) is 133 Å². The van der Waals surface area contributed by atoms with Crippen LogP contribution in [0.2, 0.25) is 0 Å². The van der Waals surface area contributed by atoms with Gasteiger partial charge in [-0.1, -0.05) is 12.1 Å². The largest absolute Gasteiger partial charge is 0.491 e. The number of anilines is 1. The van der Waals surface area contributed by atoms with E-state index in [-0.39, 0.29) is 30.1 Å². The Morgan fingerprint density at radius 1 is 1.11 bits per heavy atom. The maximum Gasteiger partial charge on any atom is 0.303 e. The molecule has 2 fully saturated rings. The number of pyridine rings is 1. The zero-order chi connectivity index (χ0) is 24.8. The lowest BCUT2D eigenvalue weighted by atomic mass is 9.94. The van der Waals surface area contributed by atoms with E-state index in [1.807, 2.05) is 17.0 Å². The van der Waals surface area contributed by atoms with E-state index in [0.29, 0.717) is 24.3 Å². The SMILES string of the molecule is N=C(N)c1ccc(CCC(=O)O)c(OCC2CCCN2C(=O)C2CCN(c3ccncc3)CC2)c1. The van der Waals surface area contributed by atoms with Crippen LogP contribution in [-0.2, 0) is 16.0 Å². The summed E-state index contributed by atoms with van der Waals surface area (Å²) in [6.07, 6.45) is 7.36. The average molecular weight is 480 g/mol. The van der Waals surface area contributed by atoms with Crippen LogP contribution in [0.5, 0.6) is 5.75 Å². The fourth-order valence-corrected chi connectivity index (χ4v) is 4.96. The van der Waals surface area contributed by atoms with Crippen LogP contribution in [0.1, 0.15) is 43.2 Å². The molecule has 0 bridgehead atoms. The van der Waals surface area contributed by atoms with Gasteiger partial charge in [0.1, 0.15) is 18.2 Å². The fraction of sp³-hybridized carbons (Fsp3) is 0.462. The van der Waals surface area contributed by atoms with E-state index in [4.69, 9.17) is 21.0 Å². The number of hydrogen-bond acceptors (Lipinski definition) is 6. The third kappa shape index (κ3) is 6.09. The lowest BCUT2D eigenvalue weighted by Gasteiger charge is -2.36. The number of aliphatic carboxylic acids is 1. The van der Waals surface area contributed by atoms with Crippen molar-refractivity contribution >= 4 is 23.4 Å². The molecule has 2 saturated heterocycles. The summed E-state index contributed by atoms with van der Waals surface area (Å²) >= 11 is 0. The average Bonchev–Trinajstić information content (AvgIpc) is 3.35. The number of nitrogen functional groups attached to an aromatic ring is 1. The van der Waals surface area contributed by atoms with Crippen LogP contribution in [-0.4, -0.2) is 65.0 Å². The van der Waals surface area contributed by atoms with Crippen molar-refractivity contribution in [1.29, 1.82) is 5.41 Å². The minimum Gasteiger partial charge on any atom is -0.491 e. The van der Waals surface area contributed by atoms with E-state index in [1.54, 1.807) is 30.6 Å². The smallest absolute Gasteiger partial charge is 0.303 e. The van der Waals surface area contributed by atoms with E-state index >= 15 is 0 Å². The van der Waals surface area contributed by atoms with Gasteiger partial charge in [-0.05, 0) is 55.9 Å². The Labute approximate surface area is 205 Å². The van der Waals surface area contributed by atoms with Crippen LogP contribution in [0.3, 0.4) is 0 Å². The number of aryl methyl sites for hydroxylation is 1. The van der Waals surface area contributed by atoms with Gasteiger partial charge >= 0.3 is 5.97 Å². The van der Waals surface area contributed by atoms with E-state index in [9.17, 15) is 9.59 Å². The van der Waals surface area contributed by atoms with Crippen molar-refractivity contribution in [2.75, 3.05) is 31.1 Å². The molecule has 186 valence electrons. The number of rotatable bonds is 9. The zero-order valence-corrected chi connectivity index (χ0v) is 19.9. The number of amides is 1. The predicted molar refractivity (Wildman–Crippen MR) is 133 cm³/mol. The molecule has 0 aliphatic carbocycles. The summed E-state index contributed by atoms with van der Waals surface area (Å²) in [5.74, 6) is -0.205. The highest BCUT2D eigenvalue weighted by Gasteiger charge is 2.35. The Morgan fingerprint density at radius 2 is 1.86 bits per heavy atom. The molecule has 2 aromatic rings. The molecule has 35 heavy (non-hydrogen) atoms. The highest BCUT2D eigenvalue weighted by Crippen LogP contribution is 2.29. The lowest BCUT2D eigenvalue weighted by molar-refractivity contribution is -0.138. The van der Waals surface area contributed by atoms with Gasteiger partial charge in [-0.15, -0.1) is 0 Å². The lowest BCUT2D eigenvalue weighted by Crippen LogP contribution is -2.46. The second-order valence-corrected chi connectivity index (χ2v) is 9.24. The van der Waals surface area contributed by atoms with Gasteiger partial charge in [0, 0.05) is 55.6 Å². The highest BCUT2D eigenvalue weighted by atomic mass is 16.5. The molecule has 1 aromatic heterocycles. The van der Waals surface area contributed by atoms with Crippen LogP contribution in [0.4, 0.5) is 5.69 Å². The van der Waals surface area contributed by atoms with E-state index in [2.05, 4.69) is 9.88 Å². The quantitative estimate of drug-likeness (QED) is 0.372. The van der Waals surface area contributed by atoms with E-state index in [1.165, 1.54) is 0 Å². The molecule has 2 aliphatic rings. The third-order valence-electron chi connectivity index (χ3n) is 6.95. The second-order valence-electron chi connectivity index (χ2n) is 9.24. The molecule has 0 radical (unpaired) electrons. The van der Waals surface area contributed by atoms with Crippen LogP contribution < -0.4 is 15.4 Å². The molecule has 4 N–H and O–H groups in total. The first kappa shape index (κ1) is 24.5. The zero-order valence-electron chi connectivity index (χ0n) is 19.9. The molecular weight excluding hydrogens is 446 g/mol. The van der Waals surface area contributed by atoms with Gasteiger partial charge in [0.25, 0.3) is 0 Å². The number of nitrogens with two attached hydrogens (primary N) is 1. The number of ether oxygens (including phenoxy) is 1. The van der Waals surface area contributed by atoms with Crippen molar-refractivity contribution < 1.29 is 19.4 Å². The minimum absolute atomic E-state index is 0.0119. The number of likely N-dealkylation sites (tertiary alicyclic amines) is 1. The molecule has 4 rings (SSSR count). The van der Waals surface area contributed by atoms with Crippen molar-refractivity contribution in [3.05, 3.63) is 53.9 Å². The van der Waals surface area contributed by atoms with Gasteiger partial charge < -0.3 is 25.4 Å². The van der Waals surface area contributed by atoms with Crippen molar-refractivity contribution in [3.8, 4) is 5.75 Å². The first-order valence-electron chi connectivity index (χ1n) is 12.2. The van der Waals surface area contributed by atoms with Crippen LogP contribution in [0.15, 0.2) is 42.7 Å². The summed E-state index contributed by atoms with van der Waals surface area (Å²) in [6.45, 7) is 2.76. The molecular formula is C26H33N5O4. The summed E-state index contributed by atoms with van der Waals surface area (Å²) < 4.78 is 6.13. The molecule has 9 nitrogen and oxygen atoms in total. The summed E-state index contributed by atoms with van der Waals surface area (Å²) in [6, 6.07) is 9.15. The number of carboxylic acids is 1. The summed E-state index contributed by atoms with van der Waals surface area (Å²) in [5.41, 5.74) is 8.07. The van der Waals surface area contributed by atoms with Gasteiger partial charge in [-0.25, -0.2) is 0 Å². The minimum atomic E-state index is -0.880. The number of amidine groups is 1. The number of aromatic nitrogens is 1. The number of carbonyl (C=O) groups is 2. The van der Waals surface area contributed by atoms with Gasteiger partial charge in [0.15, 0.2) is 0 Å². The van der Waals surface area contributed by atoms with E-state index in [0.717, 1.165) is 56.6 Å². The van der Waals surface area contributed by atoms with Gasteiger partial charge in [-0.3, -0.25) is 20.0 Å². The fourth-order valence-electron chi connectivity index (χ4n) is 4.96. The van der Waals surface area contributed by atoms with Gasteiger partial charge in [0.2, 0.25) is 5.91 Å². The molecule has 1 aromatic carbocycles. The number of piperidine rings is 1. The van der Waals surface area contributed by atoms with Crippen molar-refractivity contribution in [2.24, 2.45) is 11.7 Å². The highest BCUT2D eigenvalue weighted by molar-refractivity contribution is 5.95. The van der Waals surface area contributed by atoms with Crippen molar-refractivity contribution in [1.82, 2.24) is 9.88 Å². The molecule has 3 heterocycles. The Bertz CT molecular complexity index is 1050. The molecule has 0 saturated carbocycles. The first-order valence-corrected chi connectivity index (χ1v) is 12.2. The first-order chi connectivity index (χ1) is 16.9. The monoisotopic (exact) mass is 479 g/mol. The molecule has 2 aliphatic heterocycles. The predicted octanol–water partition coefficient (Wildman–Crippen LogP) is 2.67. The van der Waals surface area contributed by atoms with Crippen molar-refractivity contribution in [2.45, 2.75) is 44.6 Å². The Hall–Kier alpha value is -3.62. The number of nitrogens with one attached hydrogen (secondary N) is 1. The maximum absolute atomic E-state index is 13.4. The van der Waals surface area contributed by atoms with Crippen molar-refractivity contribution in [3.63, 3.8) is 0 Å². The molecule has 1 unspecified atom stereocenters. The number of nitrogens with zero attached hydrogens (tertiary/aromatic N) is 3. The van der Waals surface area contributed by atoms with Crippen LogP contribution in [0, 0.1) is 11.3 Å². The van der Waals surface area contributed by atoms with Gasteiger partial charge in [0.05, 0.1) is 6.04 Å². The van der Waals surface area contributed by atoms with Crippen LogP contribution in [0.25, 0.3) is 0 Å². The Morgan fingerprint density at radius 3 is 2.54 bits per heavy atom. The van der Waals surface area contributed by atoms with Crippen LogP contribution >= 0.6 is 0 Å².